The Morgan fingerprint density at radius 3 is 2.16 bits per heavy atom. The minimum atomic E-state index is -0.276. The Hall–Kier alpha value is -2.61. The summed E-state index contributed by atoms with van der Waals surface area (Å²) in [6.45, 7) is 1.97. The molecule has 0 aliphatic carbocycles. The van der Waals surface area contributed by atoms with Crippen molar-refractivity contribution in [3.05, 3.63) is 30.3 Å². The second-order valence-corrected chi connectivity index (χ2v) is 5.78. The van der Waals surface area contributed by atoms with E-state index < -0.39 is 0 Å². The van der Waals surface area contributed by atoms with E-state index in [1.165, 1.54) is 0 Å². The largest absolute Gasteiger partial charge is 0.484 e. The van der Waals surface area contributed by atoms with E-state index in [0.717, 1.165) is 0 Å². The van der Waals surface area contributed by atoms with Crippen molar-refractivity contribution in [3.63, 3.8) is 0 Å². The lowest BCUT2D eigenvalue weighted by atomic mass is 10.2. The van der Waals surface area contributed by atoms with E-state index in [1.54, 1.807) is 21.9 Å². The summed E-state index contributed by atoms with van der Waals surface area (Å²) in [6.07, 6.45) is 1.00. The van der Waals surface area contributed by atoms with Gasteiger partial charge in [0.05, 0.1) is 0 Å². The minimum absolute atomic E-state index is 0.00236. The molecule has 1 aliphatic heterocycles. The molecule has 0 radical (unpaired) electrons. The number of para-hydroxylation sites is 1. The Balaban J connectivity index is 1.67. The third-order valence-electron chi connectivity index (χ3n) is 4.05. The van der Waals surface area contributed by atoms with E-state index in [4.69, 9.17) is 10.6 Å². The van der Waals surface area contributed by atoms with Crippen molar-refractivity contribution in [2.45, 2.75) is 19.3 Å². The van der Waals surface area contributed by atoms with Gasteiger partial charge in [-0.2, -0.15) is 0 Å². The molecule has 1 heterocycles. The highest BCUT2D eigenvalue weighted by Gasteiger charge is 2.24. The number of hydrogen-bond acceptors (Lipinski definition) is 5. The molecule has 1 aliphatic rings. The monoisotopic (exact) mass is 348 g/mol. The Morgan fingerprint density at radius 2 is 1.56 bits per heavy atom. The summed E-state index contributed by atoms with van der Waals surface area (Å²) in [5, 5.41) is 0. The number of nitrogens with one attached hydrogen (secondary N) is 1. The van der Waals surface area contributed by atoms with Crippen LogP contribution in [-0.2, 0) is 14.4 Å². The molecule has 0 unspecified atom stereocenters. The Morgan fingerprint density at radius 1 is 0.960 bits per heavy atom. The number of amides is 3. The summed E-state index contributed by atoms with van der Waals surface area (Å²) >= 11 is 0. The van der Waals surface area contributed by atoms with Gasteiger partial charge in [-0.25, -0.2) is 5.84 Å². The first kappa shape index (κ1) is 18.7. The topological polar surface area (TPSA) is 105 Å². The van der Waals surface area contributed by atoms with Gasteiger partial charge in [0.15, 0.2) is 6.61 Å². The number of carbonyl (C=O) groups is 3. The number of benzene rings is 1. The van der Waals surface area contributed by atoms with Gasteiger partial charge >= 0.3 is 0 Å². The molecule has 1 aromatic rings. The van der Waals surface area contributed by atoms with E-state index in [2.05, 4.69) is 0 Å². The smallest absolute Gasteiger partial charge is 0.260 e. The zero-order valence-electron chi connectivity index (χ0n) is 14.1. The van der Waals surface area contributed by atoms with Crippen molar-refractivity contribution in [2.24, 2.45) is 5.84 Å². The van der Waals surface area contributed by atoms with Crippen molar-refractivity contribution in [1.29, 1.82) is 0 Å². The van der Waals surface area contributed by atoms with Crippen molar-refractivity contribution < 1.29 is 19.1 Å². The maximum atomic E-state index is 12.2. The van der Waals surface area contributed by atoms with Gasteiger partial charge in [-0.15, -0.1) is 0 Å². The lowest BCUT2D eigenvalue weighted by Crippen LogP contribution is -2.51. The number of piperazine rings is 1. The lowest BCUT2D eigenvalue weighted by Gasteiger charge is -2.34. The second kappa shape index (κ2) is 9.63. The highest BCUT2D eigenvalue weighted by atomic mass is 16.5. The summed E-state index contributed by atoms with van der Waals surface area (Å²) < 4.78 is 5.46. The molecule has 136 valence electrons. The third kappa shape index (κ3) is 6.07. The molecule has 3 amide bonds. The first-order valence-corrected chi connectivity index (χ1v) is 8.33. The van der Waals surface area contributed by atoms with Gasteiger partial charge in [0, 0.05) is 39.0 Å². The summed E-state index contributed by atoms with van der Waals surface area (Å²) in [5.41, 5.74) is 2.04. The molecule has 0 bridgehead atoms. The molecule has 3 N–H and O–H groups in total. The molecule has 1 fully saturated rings. The van der Waals surface area contributed by atoms with Crippen LogP contribution in [-0.4, -0.2) is 60.3 Å². The first-order chi connectivity index (χ1) is 12.1. The fourth-order valence-electron chi connectivity index (χ4n) is 2.59. The van der Waals surface area contributed by atoms with Crippen LogP contribution in [0.5, 0.6) is 5.75 Å². The lowest BCUT2D eigenvalue weighted by molar-refractivity contribution is -0.140. The second-order valence-electron chi connectivity index (χ2n) is 5.78. The van der Waals surface area contributed by atoms with E-state index in [0.29, 0.717) is 44.8 Å². The molecule has 0 saturated carbocycles. The number of ether oxygens (including phenoxy) is 1. The molecule has 8 heteroatoms. The quantitative estimate of drug-likeness (QED) is 0.407. The Labute approximate surface area is 146 Å². The fourth-order valence-corrected chi connectivity index (χ4v) is 2.59. The average Bonchev–Trinajstić information content (AvgIpc) is 2.66. The van der Waals surface area contributed by atoms with Crippen molar-refractivity contribution in [2.75, 3.05) is 32.8 Å². The fraction of sp³-hybridized carbons (Fsp3) is 0.471. The average molecular weight is 348 g/mol. The van der Waals surface area contributed by atoms with E-state index >= 15 is 0 Å². The zero-order valence-corrected chi connectivity index (χ0v) is 14.1. The molecule has 0 atom stereocenters. The minimum Gasteiger partial charge on any atom is -0.484 e. The van der Waals surface area contributed by atoms with Gasteiger partial charge in [-0.3, -0.25) is 19.8 Å². The van der Waals surface area contributed by atoms with Crippen LogP contribution in [0.3, 0.4) is 0 Å². The molecule has 0 spiro atoms. The van der Waals surface area contributed by atoms with Gasteiger partial charge in [-0.1, -0.05) is 18.2 Å². The standard InChI is InChI=1S/C17H24N4O4/c18-19-15(22)7-4-8-16(23)20-9-11-21(12-10-20)17(24)13-25-14-5-2-1-3-6-14/h1-3,5-6H,4,7-13,18H2,(H,19,22). The molecule has 1 saturated heterocycles. The predicted octanol–water partition coefficient (Wildman–Crippen LogP) is -0.104. The number of nitrogens with zero attached hydrogens (tertiary/aromatic N) is 2. The van der Waals surface area contributed by atoms with Crippen LogP contribution in [0, 0.1) is 0 Å². The highest BCUT2D eigenvalue weighted by Crippen LogP contribution is 2.10. The number of carbonyl (C=O) groups excluding carboxylic acids is 3. The summed E-state index contributed by atoms with van der Waals surface area (Å²) in [7, 11) is 0. The number of rotatable bonds is 7. The molecule has 0 aromatic heterocycles. The van der Waals surface area contributed by atoms with Crippen LogP contribution in [0.1, 0.15) is 19.3 Å². The number of nitrogens with two attached hydrogens (primary N) is 1. The summed E-state index contributed by atoms with van der Waals surface area (Å²) in [6, 6.07) is 9.18. The molecular weight excluding hydrogens is 324 g/mol. The Kier molecular flexibility index (Phi) is 7.21. The van der Waals surface area contributed by atoms with Crippen LogP contribution in [0.25, 0.3) is 0 Å². The zero-order chi connectivity index (χ0) is 18.1. The van der Waals surface area contributed by atoms with Gasteiger partial charge in [0.2, 0.25) is 11.8 Å². The predicted molar refractivity (Wildman–Crippen MR) is 91.3 cm³/mol. The van der Waals surface area contributed by atoms with Gasteiger partial charge < -0.3 is 14.5 Å². The first-order valence-electron chi connectivity index (χ1n) is 8.33. The van der Waals surface area contributed by atoms with Crippen LogP contribution in [0.4, 0.5) is 0 Å². The molecule has 8 nitrogen and oxygen atoms in total. The number of hydrazine groups is 1. The number of hydrogen-bond donors (Lipinski definition) is 2. The van der Waals surface area contributed by atoms with Gasteiger partial charge in [-0.05, 0) is 18.6 Å². The van der Waals surface area contributed by atoms with Crippen molar-refractivity contribution >= 4 is 17.7 Å². The van der Waals surface area contributed by atoms with E-state index in [9.17, 15) is 14.4 Å². The van der Waals surface area contributed by atoms with Crippen LogP contribution in [0.15, 0.2) is 30.3 Å². The maximum Gasteiger partial charge on any atom is 0.260 e. The van der Waals surface area contributed by atoms with E-state index in [-0.39, 0.29) is 30.7 Å². The summed E-state index contributed by atoms with van der Waals surface area (Å²) in [4.78, 5) is 38.7. The normalized spacial score (nSPS) is 14.1. The molecule has 25 heavy (non-hydrogen) atoms. The third-order valence-corrected chi connectivity index (χ3v) is 4.05. The molecular formula is C17H24N4O4. The Bertz CT molecular complexity index is 586. The molecule has 2 rings (SSSR count). The van der Waals surface area contributed by atoms with Crippen molar-refractivity contribution in [1.82, 2.24) is 15.2 Å². The SMILES string of the molecule is NNC(=O)CCCC(=O)N1CCN(C(=O)COc2ccccc2)CC1. The highest BCUT2D eigenvalue weighted by molar-refractivity contribution is 5.80. The van der Waals surface area contributed by atoms with Crippen molar-refractivity contribution in [3.8, 4) is 5.75 Å². The van der Waals surface area contributed by atoms with Gasteiger partial charge in [0.1, 0.15) is 5.75 Å². The van der Waals surface area contributed by atoms with E-state index in [1.807, 2.05) is 23.6 Å². The van der Waals surface area contributed by atoms with Crippen LogP contribution < -0.4 is 16.0 Å². The molecule has 1 aromatic carbocycles. The van der Waals surface area contributed by atoms with Crippen LogP contribution >= 0.6 is 0 Å². The van der Waals surface area contributed by atoms with Crippen LogP contribution in [0.2, 0.25) is 0 Å². The maximum absolute atomic E-state index is 12.2. The van der Waals surface area contributed by atoms with Gasteiger partial charge in [0.25, 0.3) is 5.91 Å². The summed E-state index contributed by atoms with van der Waals surface area (Å²) in [5.74, 6) is 5.29.